The van der Waals surface area contributed by atoms with Crippen molar-refractivity contribution in [1.82, 2.24) is 10.2 Å². The molecule has 2 saturated heterocycles. The molecule has 3 nitrogen and oxygen atoms in total. The molecule has 0 saturated carbocycles. The fourth-order valence-corrected chi connectivity index (χ4v) is 2.61. The van der Waals surface area contributed by atoms with Gasteiger partial charge in [-0.05, 0) is 0 Å². The van der Waals surface area contributed by atoms with Crippen LogP contribution in [0.25, 0.3) is 0 Å². The smallest absolute Gasteiger partial charge is 0.0839 e. The fraction of sp³-hybridized carbons (Fsp3) is 1.00. The fourth-order valence-electron chi connectivity index (χ4n) is 1.68. The van der Waals surface area contributed by atoms with E-state index in [0.717, 1.165) is 19.8 Å². The van der Waals surface area contributed by atoms with Gasteiger partial charge in [0.05, 0.1) is 19.4 Å². The van der Waals surface area contributed by atoms with E-state index in [9.17, 15) is 0 Å². The molecule has 0 bridgehead atoms. The lowest BCUT2D eigenvalue weighted by molar-refractivity contribution is 0.0130. The van der Waals surface area contributed by atoms with Gasteiger partial charge < -0.3 is 4.74 Å². The van der Waals surface area contributed by atoms with E-state index in [1.807, 2.05) is 0 Å². The predicted molar refractivity (Wildman–Crippen MR) is 51.5 cm³/mol. The minimum Gasteiger partial charge on any atom is -0.377 e. The Morgan fingerprint density at radius 3 is 2.83 bits per heavy atom. The predicted octanol–water partition coefficient (Wildman–Crippen LogP) is -0.0189. The first kappa shape index (κ1) is 8.81. The van der Waals surface area contributed by atoms with E-state index >= 15 is 0 Å². The summed E-state index contributed by atoms with van der Waals surface area (Å²) in [5, 5.41) is 3.48. The maximum atomic E-state index is 5.42. The van der Waals surface area contributed by atoms with E-state index in [1.165, 1.54) is 24.6 Å². The van der Waals surface area contributed by atoms with Gasteiger partial charge in [-0.1, -0.05) is 0 Å². The summed E-state index contributed by atoms with van der Waals surface area (Å²) in [6.45, 7) is 5.18. The molecule has 0 aromatic carbocycles. The maximum absolute atomic E-state index is 5.42. The zero-order valence-electron chi connectivity index (χ0n) is 7.29. The summed E-state index contributed by atoms with van der Waals surface area (Å²) in [6, 6.07) is 0. The molecule has 2 aliphatic rings. The summed E-state index contributed by atoms with van der Waals surface area (Å²) in [7, 11) is 0. The van der Waals surface area contributed by atoms with E-state index in [1.54, 1.807) is 0 Å². The average molecular weight is 188 g/mol. The molecule has 0 aromatic heterocycles. The summed E-state index contributed by atoms with van der Waals surface area (Å²) < 4.78 is 5.42. The van der Waals surface area contributed by atoms with Crippen LogP contribution in [0.1, 0.15) is 0 Å². The number of thioether (sulfide) groups is 1. The minimum atomic E-state index is 0.486. The standard InChI is InChI=1S/C8H16N2OS/c1-4-11-7-8(9-1)10-2-5-12-6-3-10/h8-9H,1-7H2. The molecule has 1 unspecified atom stereocenters. The molecule has 4 heteroatoms. The molecule has 0 spiro atoms. The third-order valence-corrected chi connectivity index (χ3v) is 3.33. The first-order chi connectivity index (χ1) is 5.97. The Bertz CT molecular complexity index is 117. The van der Waals surface area contributed by atoms with Crippen molar-refractivity contribution in [3.05, 3.63) is 0 Å². The number of nitrogens with zero attached hydrogens (tertiary/aromatic N) is 1. The topological polar surface area (TPSA) is 24.5 Å². The molecule has 0 aromatic rings. The van der Waals surface area contributed by atoms with Crippen molar-refractivity contribution in [2.24, 2.45) is 0 Å². The quantitative estimate of drug-likeness (QED) is 0.625. The van der Waals surface area contributed by atoms with Crippen molar-refractivity contribution in [3.63, 3.8) is 0 Å². The Labute approximate surface area is 77.8 Å². The molecule has 0 amide bonds. The Balaban J connectivity index is 1.80. The summed E-state index contributed by atoms with van der Waals surface area (Å²) in [5.41, 5.74) is 0. The van der Waals surface area contributed by atoms with Gasteiger partial charge >= 0.3 is 0 Å². The van der Waals surface area contributed by atoms with Crippen LogP contribution in [-0.4, -0.2) is 55.4 Å². The lowest BCUT2D eigenvalue weighted by atomic mass is 10.3. The molecular weight excluding hydrogens is 172 g/mol. The van der Waals surface area contributed by atoms with Crippen LogP contribution in [0.3, 0.4) is 0 Å². The van der Waals surface area contributed by atoms with E-state index in [-0.39, 0.29) is 0 Å². The van der Waals surface area contributed by atoms with Gasteiger partial charge in [0.2, 0.25) is 0 Å². The van der Waals surface area contributed by atoms with Crippen LogP contribution < -0.4 is 5.32 Å². The van der Waals surface area contributed by atoms with Crippen LogP contribution in [0, 0.1) is 0 Å². The molecule has 2 fully saturated rings. The number of rotatable bonds is 1. The average Bonchev–Trinajstić information content (AvgIpc) is 2.21. The van der Waals surface area contributed by atoms with E-state index in [4.69, 9.17) is 4.74 Å². The Morgan fingerprint density at radius 2 is 2.17 bits per heavy atom. The normalized spacial score (nSPS) is 33.5. The molecule has 1 atom stereocenters. The second kappa shape index (κ2) is 4.46. The van der Waals surface area contributed by atoms with Gasteiger partial charge in [-0.2, -0.15) is 11.8 Å². The Kier molecular flexibility index (Phi) is 3.28. The van der Waals surface area contributed by atoms with E-state index in [2.05, 4.69) is 22.0 Å². The molecule has 1 N–H and O–H groups in total. The molecule has 2 aliphatic heterocycles. The van der Waals surface area contributed by atoms with Gasteiger partial charge in [-0.3, -0.25) is 10.2 Å². The van der Waals surface area contributed by atoms with Gasteiger partial charge in [0, 0.05) is 31.1 Å². The van der Waals surface area contributed by atoms with Gasteiger partial charge in [-0.25, -0.2) is 0 Å². The highest BCUT2D eigenvalue weighted by molar-refractivity contribution is 7.99. The van der Waals surface area contributed by atoms with Gasteiger partial charge in [0.1, 0.15) is 0 Å². The highest BCUT2D eigenvalue weighted by Crippen LogP contribution is 2.12. The number of nitrogens with one attached hydrogen (secondary N) is 1. The van der Waals surface area contributed by atoms with Crippen molar-refractivity contribution in [2.45, 2.75) is 6.17 Å². The van der Waals surface area contributed by atoms with Crippen molar-refractivity contribution in [3.8, 4) is 0 Å². The van der Waals surface area contributed by atoms with Crippen molar-refractivity contribution >= 4 is 11.8 Å². The number of hydrogen-bond acceptors (Lipinski definition) is 4. The SMILES string of the molecule is C1COCC(N2CCSCC2)N1. The lowest BCUT2D eigenvalue weighted by Gasteiger charge is -2.36. The number of morpholine rings is 1. The largest absolute Gasteiger partial charge is 0.377 e. The van der Waals surface area contributed by atoms with Crippen LogP contribution in [0.4, 0.5) is 0 Å². The maximum Gasteiger partial charge on any atom is 0.0839 e. The summed E-state index contributed by atoms with van der Waals surface area (Å²) in [6.07, 6.45) is 0.486. The van der Waals surface area contributed by atoms with Crippen LogP contribution >= 0.6 is 11.8 Å². The van der Waals surface area contributed by atoms with Crippen LogP contribution in [0.2, 0.25) is 0 Å². The minimum absolute atomic E-state index is 0.486. The summed E-state index contributed by atoms with van der Waals surface area (Å²) in [5.74, 6) is 2.55. The van der Waals surface area contributed by atoms with Crippen LogP contribution in [-0.2, 0) is 4.74 Å². The zero-order chi connectivity index (χ0) is 8.23. The highest BCUT2D eigenvalue weighted by Gasteiger charge is 2.22. The van der Waals surface area contributed by atoms with E-state index < -0.39 is 0 Å². The van der Waals surface area contributed by atoms with Crippen LogP contribution in [0.5, 0.6) is 0 Å². The van der Waals surface area contributed by atoms with Gasteiger partial charge in [-0.15, -0.1) is 0 Å². The van der Waals surface area contributed by atoms with E-state index in [0.29, 0.717) is 6.17 Å². The number of ether oxygens (including phenoxy) is 1. The third kappa shape index (κ3) is 2.13. The summed E-state index contributed by atoms with van der Waals surface area (Å²) in [4.78, 5) is 2.50. The summed E-state index contributed by atoms with van der Waals surface area (Å²) >= 11 is 2.05. The zero-order valence-corrected chi connectivity index (χ0v) is 8.11. The molecule has 0 aliphatic carbocycles. The van der Waals surface area contributed by atoms with Crippen LogP contribution in [0.15, 0.2) is 0 Å². The highest BCUT2D eigenvalue weighted by atomic mass is 32.2. The van der Waals surface area contributed by atoms with Crippen molar-refractivity contribution in [2.75, 3.05) is 44.4 Å². The monoisotopic (exact) mass is 188 g/mol. The molecular formula is C8H16N2OS. The second-order valence-corrected chi connectivity index (χ2v) is 4.42. The Hall–Kier alpha value is 0.230. The first-order valence-corrected chi connectivity index (χ1v) is 5.75. The van der Waals surface area contributed by atoms with Gasteiger partial charge in [0.25, 0.3) is 0 Å². The molecule has 2 heterocycles. The molecule has 0 radical (unpaired) electrons. The lowest BCUT2D eigenvalue weighted by Crippen LogP contribution is -2.55. The first-order valence-electron chi connectivity index (χ1n) is 4.60. The number of hydrogen-bond donors (Lipinski definition) is 1. The molecule has 12 heavy (non-hydrogen) atoms. The second-order valence-electron chi connectivity index (χ2n) is 3.19. The van der Waals surface area contributed by atoms with Crippen molar-refractivity contribution < 1.29 is 4.74 Å². The third-order valence-electron chi connectivity index (χ3n) is 2.39. The van der Waals surface area contributed by atoms with Crippen molar-refractivity contribution in [1.29, 1.82) is 0 Å². The van der Waals surface area contributed by atoms with Gasteiger partial charge in [0.15, 0.2) is 0 Å². The molecule has 2 rings (SSSR count). The Morgan fingerprint density at radius 1 is 1.33 bits per heavy atom. The molecule has 70 valence electrons.